The highest BCUT2D eigenvalue weighted by atomic mass is 19.4. The molecule has 0 aliphatic rings. The van der Waals surface area contributed by atoms with Crippen molar-refractivity contribution < 1.29 is 54.9 Å². The van der Waals surface area contributed by atoms with Gasteiger partial charge in [0, 0.05) is 23.9 Å². The molecular formula is C29H26F6N2O6. The Morgan fingerprint density at radius 3 is 2.09 bits per heavy atom. The Labute approximate surface area is 241 Å². The number of ether oxygens (including phenoxy) is 4. The van der Waals surface area contributed by atoms with Crippen LogP contribution in [0.4, 0.5) is 37.7 Å². The molecular weight excluding hydrogens is 586 g/mol. The van der Waals surface area contributed by atoms with Gasteiger partial charge in [0.05, 0.1) is 17.7 Å². The molecule has 230 valence electrons. The number of carbonyl (C=O) groups excluding carboxylic acids is 2. The summed E-state index contributed by atoms with van der Waals surface area (Å²) in [6.07, 6.45) is -7.48. The van der Waals surface area contributed by atoms with Crippen molar-refractivity contribution in [2.75, 3.05) is 31.3 Å². The van der Waals surface area contributed by atoms with Gasteiger partial charge in [-0.2, -0.15) is 22.0 Å². The zero-order chi connectivity index (χ0) is 31.6. The standard InChI is InChI=1S/C29H26F6N2O6/c30-24-16-20(5-8-25(24)40-11-1-10-28(31,32)33)29(34,35)43-23-6-2-18(3-7-23)4-9-26(38)41-12-13-42-27(39)19-14-21(36)17-22(37)15-19/h2-9,14-17H,1,10-13,36-37H2/b9-4+. The molecule has 0 aliphatic carbocycles. The van der Waals surface area contributed by atoms with E-state index >= 15 is 0 Å². The number of nitrogen functional groups attached to an aromatic ring is 2. The van der Waals surface area contributed by atoms with Crippen LogP contribution in [0.15, 0.2) is 66.7 Å². The van der Waals surface area contributed by atoms with Crippen molar-refractivity contribution in [1.82, 2.24) is 0 Å². The van der Waals surface area contributed by atoms with Crippen LogP contribution in [0.5, 0.6) is 11.5 Å². The van der Waals surface area contributed by atoms with Crippen LogP contribution in [-0.4, -0.2) is 37.9 Å². The van der Waals surface area contributed by atoms with Crippen LogP contribution in [0.2, 0.25) is 0 Å². The summed E-state index contributed by atoms with van der Waals surface area (Å²) in [7, 11) is 0. The molecule has 0 spiro atoms. The molecule has 0 atom stereocenters. The molecule has 0 saturated heterocycles. The lowest BCUT2D eigenvalue weighted by atomic mass is 10.2. The van der Waals surface area contributed by atoms with Crippen LogP contribution in [-0.2, 0) is 20.4 Å². The molecule has 0 aromatic heterocycles. The molecule has 3 aromatic rings. The molecule has 0 fully saturated rings. The van der Waals surface area contributed by atoms with Gasteiger partial charge in [-0.25, -0.2) is 14.0 Å². The summed E-state index contributed by atoms with van der Waals surface area (Å²) in [4.78, 5) is 23.9. The molecule has 3 aromatic carbocycles. The van der Waals surface area contributed by atoms with Gasteiger partial charge in [-0.05, 0) is 66.6 Å². The average molecular weight is 613 g/mol. The van der Waals surface area contributed by atoms with Crippen molar-refractivity contribution in [2.24, 2.45) is 0 Å². The predicted molar refractivity (Wildman–Crippen MR) is 144 cm³/mol. The molecule has 43 heavy (non-hydrogen) atoms. The van der Waals surface area contributed by atoms with Crippen LogP contribution in [0.3, 0.4) is 0 Å². The van der Waals surface area contributed by atoms with E-state index in [1.807, 2.05) is 0 Å². The number of rotatable bonds is 13. The smallest absolute Gasteiger partial charge is 0.426 e. The maximum Gasteiger partial charge on any atom is 0.426 e. The van der Waals surface area contributed by atoms with Gasteiger partial charge < -0.3 is 30.4 Å². The highest BCUT2D eigenvalue weighted by Gasteiger charge is 2.35. The third kappa shape index (κ3) is 10.8. The first kappa shape index (κ1) is 32.6. The Kier molecular flexibility index (Phi) is 10.9. The minimum atomic E-state index is -4.39. The van der Waals surface area contributed by atoms with Gasteiger partial charge >= 0.3 is 24.2 Å². The number of esters is 2. The van der Waals surface area contributed by atoms with E-state index in [4.69, 9.17) is 30.4 Å². The van der Waals surface area contributed by atoms with E-state index in [1.54, 1.807) is 0 Å². The maximum atomic E-state index is 14.6. The molecule has 14 heteroatoms. The van der Waals surface area contributed by atoms with E-state index in [0.29, 0.717) is 11.6 Å². The SMILES string of the molecule is Nc1cc(N)cc(C(=O)OCCOC(=O)/C=C/c2ccc(OC(F)(F)c3ccc(OCCCC(F)(F)F)c(F)c3)cc2)c1. The van der Waals surface area contributed by atoms with Crippen molar-refractivity contribution in [1.29, 1.82) is 0 Å². The molecule has 0 amide bonds. The van der Waals surface area contributed by atoms with E-state index in [-0.39, 0.29) is 35.9 Å². The Bertz CT molecular complexity index is 1420. The van der Waals surface area contributed by atoms with E-state index in [1.165, 1.54) is 48.5 Å². The summed E-state index contributed by atoms with van der Waals surface area (Å²) in [5.41, 5.74) is 11.5. The number of halogens is 6. The number of hydrogen-bond donors (Lipinski definition) is 2. The normalized spacial score (nSPS) is 11.8. The monoisotopic (exact) mass is 612 g/mol. The van der Waals surface area contributed by atoms with E-state index in [2.05, 4.69) is 0 Å². The van der Waals surface area contributed by atoms with Crippen LogP contribution in [0.25, 0.3) is 6.08 Å². The number of benzene rings is 3. The minimum Gasteiger partial charge on any atom is -0.491 e. The van der Waals surface area contributed by atoms with Gasteiger partial charge in [-0.15, -0.1) is 0 Å². The minimum absolute atomic E-state index is 0.143. The van der Waals surface area contributed by atoms with Gasteiger partial charge in [0.1, 0.15) is 19.0 Å². The van der Waals surface area contributed by atoms with Crippen LogP contribution in [0.1, 0.15) is 34.3 Å². The first-order chi connectivity index (χ1) is 20.2. The third-order valence-electron chi connectivity index (χ3n) is 5.44. The summed E-state index contributed by atoms with van der Waals surface area (Å²) < 4.78 is 99.5. The van der Waals surface area contributed by atoms with Crippen molar-refractivity contribution >= 4 is 29.4 Å². The highest BCUT2D eigenvalue weighted by molar-refractivity contribution is 5.91. The van der Waals surface area contributed by atoms with Crippen LogP contribution < -0.4 is 20.9 Å². The molecule has 0 radical (unpaired) electrons. The van der Waals surface area contributed by atoms with Crippen molar-refractivity contribution in [3.05, 3.63) is 89.2 Å². The first-order valence-corrected chi connectivity index (χ1v) is 12.6. The van der Waals surface area contributed by atoms with Gasteiger partial charge in [-0.1, -0.05) is 12.1 Å². The predicted octanol–water partition coefficient (Wildman–Crippen LogP) is 6.25. The lowest BCUT2D eigenvalue weighted by molar-refractivity contribution is -0.185. The lowest BCUT2D eigenvalue weighted by Gasteiger charge is -2.19. The number of carbonyl (C=O) groups is 2. The second-order valence-electron chi connectivity index (χ2n) is 8.93. The molecule has 0 unspecified atom stereocenters. The zero-order valence-electron chi connectivity index (χ0n) is 22.3. The molecule has 0 aliphatic heterocycles. The summed E-state index contributed by atoms with van der Waals surface area (Å²) in [5.74, 6) is -3.40. The molecule has 0 heterocycles. The summed E-state index contributed by atoms with van der Waals surface area (Å²) in [5, 5.41) is 0. The molecule has 8 nitrogen and oxygen atoms in total. The Morgan fingerprint density at radius 2 is 1.47 bits per heavy atom. The fourth-order valence-corrected chi connectivity index (χ4v) is 3.47. The Morgan fingerprint density at radius 1 is 0.814 bits per heavy atom. The molecule has 4 N–H and O–H groups in total. The number of anilines is 2. The molecule has 0 saturated carbocycles. The van der Waals surface area contributed by atoms with Gasteiger partial charge in [0.25, 0.3) is 0 Å². The van der Waals surface area contributed by atoms with Crippen LogP contribution >= 0.6 is 0 Å². The first-order valence-electron chi connectivity index (χ1n) is 12.6. The summed E-state index contributed by atoms with van der Waals surface area (Å²) >= 11 is 0. The quantitative estimate of drug-likeness (QED) is 0.0764. The van der Waals surface area contributed by atoms with Crippen molar-refractivity contribution in [3.8, 4) is 11.5 Å². The van der Waals surface area contributed by atoms with Crippen molar-refractivity contribution in [3.63, 3.8) is 0 Å². The zero-order valence-corrected chi connectivity index (χ0v) is 22.3. The van der Waals surface area contributed by atoms with E-state index < -0.39 is 60.8 Å². The maximum absolute atomic E-state index is 14.6. The van der Waals surface area contributed by atoms with Crippen molar-refractivity contribution in [2.45, 2.75) is 25.1 Å². The topological polar surface area (TPSA) is 123 Å². The van der Waals surface area contributed by atoms with E-state index in [0.717, 1.165) is 18.2 Å². The number of nitrogens with two attached hydrogens (primary N) is 2. The fourth-order valence-electron chi connectivity index (χ4n) is 3.47. The highest BCUT2D eigenvalue weighted by Crippen LogP contribution is 2.34. The summed E-state index contributed by atoms with van der Waals surface area (Å²) in [6.45, 7) is -0.910. The second kappa shape index (κ2) is 14.3. The second-order valence-corrected chi connectivity index (χ2v) is 8.93. The van der Waals surface area contributed by atoms with Crippen LogP contribution in [0, 0.1) is 5.82 Å². The van der Waals surface area contributed by atoms with E-state index in [9.17, 15) is 35.9 Å². The third-order valence-corrected chi connectivity index (χ3v) is 5.44. The van der Waals surface area contributed by atoms with Gasteiger partial charge in [-0.3, -0.25) is 0 Å². The Balaban J connectivity index is 1.45. The van der Waals surface area contributed by atoms with Gasteiger partial charge in [0.15, 0.2) is 11.6 Å². The summed E-state index contributed by atoms with van der Waals surface area (Å²) in [6, 6.07) is 11.5. The number of alkyl halides is 5. The average Bonchev–Trinajstić information content (AvgIpc) is 2.92. The number of hydrogen-bond acceptors (Lipinski definition) is 8. The lowest BCUT2D eigenvalue weighted by Crippen LogP contribution is -2.22. The Hall–Kier alpha value is -4.88. The largest absolute Gasteiger partial charge is 0.491 e. The molecule has 0 bridgehead atoms. The fraction of sp³-hybridized carbons (Fsp3) is 0.241. The molecule has 3 rings (SSSR count). The van der Waals surface area contributed by atoms with Gasteiger partial charge in [0.2, 0.25) is 0 Å².